The number of aryl methyl sites for hydroxylation is 2. The summed E-state index contributed by atoms with van der Waals surface area (Å²) < 4.78 is 15.1. The van der Waals surface area contributed by atoms with Crippen molar-refractivity contribution in [2.75, 3.05) is 5.32 Å². The number of fused-ring (bicyclic) bond motifs is 2. The van der Waals surface area contributed by atoms with Crippen LogP contribution in [0.1, 0.15) is 54.1 Å². The van der Waals surface area contributed by atoms with Crippen LogP contribution in [0.5, 0.6) is 0 Å². The minimum atomic E-state index is -0.756. The lowest BCUT2D eigenvalue weighted by Crippen LogP contribution is -2.47. The first kappa shape index (κ1) is 28.1. The molecule has 2 aliphatic rings. The van der Waals surface area contributed by atoms with Crippen molar-refractivity contribution >= 4 is 50.2 Å². The van der Waals surface area contributed by atoms with Gasteiger partial charge in [-0.05, 0) is 82.9 Å². The van der Waals surface area contributed by atoms with E-state index < -0.39 is 12.7 Å². The SMILES string of the molecule is CC(=O)c1nn(CC(=O)N2[C@H](C(=O)Nc3nc(Br)ccc3C)C[C@@]3(C)C[C@@H]23)c2c(C)cc(-c3cnc(CF)nc3)cc12. The number of nitrogens with zero attached hydrogens (tertiary/aromatic N) is 6. The number of alkyl halides is 1. The molecule has 2 fully saturated rings. The van der Waals surface area contributed by atoms with Crippen LogP contribution in [0.3, 0.4) is 0 Å². The van der Waals surface area contributed by atoms with Gasteiger partial charge in [0.2, 0.25) is 11.8 Å². The van der Waals surface area contributed by atoms with Gasteiger partial charge >= 0.3 is 0 Å². The second kappa shape index (κ2) is 10.3. The Balaban J connectivity index is 1.31. The average molecular weight is 635 g/mol. The Morgan fingerprint density at radius 2 is 1.83 bits per heavy atom. The van der Waals surface area contributed by atoms with Crippen molar-refractivity contribution in [3.05, 3.63) is 63.9 Å². The zero-order valence-corrected chi connectivity index (χ0v) is 25.2. The summed E-state index contributed by atoms with van der Waals surface area (Å²) in [6.07, 6.45) is 4.48. The normalized spacial score (nSPS) is 21.0. The second-order valence-electron chi connectivity index (χ2n) is 11.5. The fourth-order valence-electron chi connectivity index (χ4n) is 6.04. The number of hydrogen-bond acceptors (Lipinski definition) is 7. The van der Waals surface area contributed by atoms with Crippen LogP contribution < -0.4 is 5.32 Å². The smallest absolute Gasteiger partial charge is 0.248 e. The maximum Gasteiger partial charge on any atom is 0.248 e. The number of Topliss-reactive ketones (excluding diaryl/α,β-unsaturated/α-hetero) is 1. The van der Waals surface area contributed by atoms with Crippen LogP contribution in [0.4, 0.5) is 10.2 Å². The van der Waals surface area contributed by atoms with Gasteiger partial charge in [-0.15, -0.1) is 0 Å². The molecule has 4 aromatic rings. The number of halogens is 2. The molecule has 1 saturated heterocycles. The molecule has 4 heterocycles. The van der Waals surface area contributed by atoms with E-state index in [-0.39, 0.29) is 47.1 Å². The third kappa shape index (κ3) is 4.87. The molecule has 42 heavy (non-hydrogen) atoms. The number of anilines is 1. The number of carbonyl (C=O) groups is 3. The maximum absolute atomic E-state index is 13.9. The largest absolute Gasteiger partial charge is 0.325 e. The van der Waals surface area contributed by atoms with Crippen molar-refractivity contribution in [3.8, 4) is 11.1 Å². The highest BCUT2D eigenvalue weighted by Crippen LogP contribution is 2.59. The number of carbonyl (C=O) groups excluding carboxylic acids is 3. The fourth-order valence-corrected chi connectivity index (χ4v) is 6.35. The van der Waals surface area contributed by atoms with Gasteiger partial charge in [-0.25, -0.2) is 19.3 Å². The van der Waals surface area contributed by atoms with Crippen molar-refractivity contribution in [1.29, 1.82) is 0 Å². The Bertz CT molecular complexity index is 1770. The molecule has 216 valence electrons. The van der Waals surface area contributed by atoms with E-state index in [9.17, 15) is 18.8 Å². The summed E-state index contributed by atoms with van der Waals surface area (Å²) in [6, 6.07) is 6.70. The number of pyridine rings is 1. The molecule has 1 aliphatic carbocycles. The summed E-state index contributed by atoms with van der Waals surface area (Å²) in [5.74, 6) is -0.207. The van der Waals surface area contributed by atoms with Gasteiger partial charge in [0.1, 0.15) is 35.4 Å². The van der Waals surface area contributed by atoms with Gasteiger partial charge in [0.25, 0.3) is 0 Å². The third-order valence-electron chi connectivity index (χ3n) is 8.34. The molecular weight excluding hydrogens is 605 g/mol. The Kier molecular flexibility index (Phi) is 6.91. The van der Waals surface area contributed by atoms with Crippen LogP contribution in [0.2, 0.25) is 0 Å². The lowest BCUT2D eigenvalue weighted by atomic mass is 10.0. The van der Waals surface area contributed by atoms with Gasteiger partial charge in [0.05, 0.1) is 5.52 Å². The van der Waals surface area contributed by atoms with Gasteiger partial charge in [-0.2, -0.15) is 5.10 Å². The molecular formula is C30H29BrFN7O3. The minimum Gasteiger partial charge on any atom is -0.325 e. The molecule has 6 rings (SSSR count). The number of ketones is 1. The van der Waals surface area contributed by atoms with Gasteiger partial charge in [0.15, 0.2) is 11.6 Å². The van der Waals surface area contributed by atoms with Crippen LogP contribution >= 0.6 is 15.9 Å². The summed E-state index contributed by atoms with van der Waals surface area (Å²) in [5.41, 5.74) is 3.83. The lowest BCUT2D eigenvalue weighted by Gasteiger charge is -2.27. The summed E-state index contributed by atoms with van der Waals surface area (Å²) in [4.78, 5) is 54.1. The van der Waals surface area contributed by atoms with Crippen molar-refractivity contribution in [3.63, 3.8) is 0 Å². The van der Waals surface area contributed by atoms with Gasteiger partial charge < -0.3 is 10.2 Å². The highest BCUT2D eigenvalue weighted by atomic mass is 79.9. The summed E-state index contributed by atoms with van der Waals surface area (Å²) in [7, 11) is 0. The number of piperidine rings is 1. The van der Waals surface area contributed by atoms with Crippen LogP contribution in [0, 0.1) is 19.3 Å². The number of hydrogen-bond donors (Lipinski definition) is 1. The van der Waals surface area contributed by atoms with Crippen LogP contribution in [-0.2, 0) is 22.8 Å². The molecule has 2 amide bonds. The molecule has 1 aliphatic heterocycles. The first-order chi connectivity index (χ1) is 20.0. The minimum absolute atomic E-state index is 0.0357. The fraction of sp³-hybridized carbons (Fsp3) is 0.367. The van der Waals surface area contributed by atoms with E-state index >= 15 is 0 Å². The van der Waals surface area contributed by atoms with E-state index in [0.717, 1.165) is 23.1 Å². The summed E-state index contributed by atoms with van der Waals surface area (Å²) in [6.45, 7) is 6.40. The number of aromatic nitrogens is 5. The third-order valence-corrected chi connectivity index (χ3v) is 8.78. The topological polar surface area (TPSA) is 123 Å². The summed E-state index contributed by atoms with van der Waals surface area (Å²) >= 11 is 3.35. The Morgan fingerprint density at radius 1 is 1.10 bits per heavy atom. The summed E-state index contributed by atoms with van der Waals surface area (Å²) in [5, 5.41) is 8.08. The van der Waals surface area contributed by atoms with Crippen LogP contribution in [0.25, 0.3) is 22.0 Å². The predicted octanol–water partition coefficient (Wildman–Crippen LogP) is 4.96. The first-order valence-corrected chi connectivity index (χ1v) is 14.4. The number of nitrogens with one attached hydrogen (secondary N) is 1. The van der Waals surface area contributed by atoms with Gasteiger partial charge in [0, 0.05) is 36.3 Å². The lowest BCUT2D eigenvalue weighted by molar-refractivity contribution is -0.138. The highest BCUT2D eigenvalue weighted by molar-refractivity contribution is 9.10. The van der Waals surface area contributed by atoms with Gasteiger partial charge in [-0.3, -0.25) is 19.1 Å². The van der Waals surface area contributed by atoms with Crippen molar-refractivity contribution in [1.82, 2.24) is 29.6 Å². The molecule has 0 bridgehead atoms. The van der Waals surface area contributed by atoms with Crippen molar-refractivity contribution in [2.45, 2.75) is 65.8 Å². The van der Waals surface area contributed by atoms with Crippen molar-refractivity contribution in [2.24, 2.45) is 5.41 Å². The van der Waals surface area contributed by atoms with E-state index in [1.807, 2.05) is 32.0 Å². The molecule has 0 unspecified atom stereocenters. The van der Waals surface area contributed by atoms with Gasteiger partial charge in [-0.1, -0.05) is 13.0 Å². The second-order valence-corrected chi connectivity index (χ2v) is 12.3. The zero-order valence-electron chi connectivity index (χ0n) is 23.6. The quantitative estimate of drug-likeness (QED) is 0.225. The molecule has 1 saturated carbocycles. The molecule has 0 radical (unpaired) electrons. The predicted molar refractivity (Wildman–Crippen MR) is 157 cm³/mol. The number of benzene rings is 1. The number of rotatable bonds is 7. The zero-order chi connectivity index (χ0) is 29.9. The van der Waals surface area contributed by atoms with Crippen LogP contribution in [0.15, 0.2) is 41.3 Å². The van der Waals surface area contributed by atoms with Crippen LogP contribution in [-0.4, -0.2) is 59.3 Å². The molecule has 0 spiro atoms. The first-order valence-electron chi connectivity index (χ1n) is 13.6. The van der Waals surface area contributed by atoms with E-state index in [2.05, 4.69) is 48.2 Å². The number of amides is 2. The Morgan fingerprint density at radius 3 is 2.52 bits per heavy atom. The molecule has 1 N–H and O–H groups in total. The van der Waals surface area contributed by atoms with E-state index in [1.165, 1.54) is 6.92 Å². The molecule has 3 aromatic heterocycles. The standard InChI is InChI=1S/C30H29BrFN7O3/c1-15-5-6-23(31)35-28(15)36-29(42)21-9-30(4)10-22(30)39(21)25(41)14-38-27-16(2)7-18(8-20(27)26(37-38)17(3)40)19-12-33-24(11-32)34-13-19/h5-8,12-13,21-22H,9-11,14H2,1-4H3,(H,35,36,42)/t21-,22+,30-/m0/s1. The van der Waals surface area contributed by atoms with E-state index in [0.29, 0.717) is 33.3 Å². The maximum atomic E-state index is 13.9. The van der Waals surface area contributed by atoms with E-state index in [1.54, 1.807) is 28.0 Å². The molecule has 10 nitrogen and oxygen atoms in total. The highest BCUT2D eigenvalue weighted by Gasteiger charge is 2.64. The van der Waals surface area contributed by atoms with Crippen molar-refractivity contribution < 1.29 is 18.8 Å². The molecule has 1 aromatic carbocycles. The number of likely N-dealkylation sites (tertiary alicyclic amines) is 1. The van der Waals surface area contributed by atoms with E-state index in [4.69, 9.17) is 0 Å². The molecule has 12 heteroatoms. The molecule has 3 atom stereocenters. The average Bonchev–Trinajstić information content (AvgIpc) is 3.30. The monoisotopic (exact) mass is 633 g/mol. The Labute approximate surface area is 249 Å². The Hall–Kier alpha value is -4.06.